The summed E-state index contributed by atoms with van der Waals surface area (Å²) in [7, 11) is 0. The van der Waals surface area contributed by atoms with Gasteiger partial charge in [-0.15, -0.1) is 23.5 Å². The van der Waals surface area contributed by atoms with Gasteiger partial charge >= 0.3 is 0 Å². The lowest BCUT2D eigenvalue weighted by atomic mass is 9.75. The molecule has 340 valence electrons. The van der Waals surface area contributed by atoms with Crippen LogP contribution in [-0.4, -0.2) is 61.1 Å². The van der Waals surface area contributed by atoms with Crippen molar-refractivity contribution in [2.75, 3.05) is 12.5 Å². The smallest absolute Gasteiger partial charge is 0.174 e. The molecular weight excluding hydrogens is 881 g/mol. The molecule has 0 spiro atoms. The molecule has 68 heavy (non-hydrogen) atoms. The van der Waals surface area contributed by atoms with Crippen LogP contribution in [0, 0.1) is 50.4 Å². The zero-order valence-corrected chi connectivity index (χ0v) is 40.8. The van der Waals surface area contributed by atoms with Crippen LogP contribution in [0.15, 0.2) is 120 Å². The molecule has 0 unspecified atom stereocenters. The third-order valence-corrected chi connectivity index (χ3v) is 14.3. The normalized spacial score (nSPS) is 17.6. The number of hydrogen-bond donors (Lipinski definition) is 0. The maximum absolute atomic E-state index is 10.3. The number of aromatic nitrogens is 10. The van der Waals surface area contributed by atoms with E-state index in [9.17, 15) is 10.5 Å². The molecule has 0 aliphatic carbocycles. The first kappa shape index (κ1) is 45.9. The second-order valence-electron chi connectivity index (χ2n) is 17.3. The fourth-order valence-electron chi connectivity index (χ4n) is 9.25. The molecule has 0 fully saturated rings. The van der Waals surface area contributed by atoms with Crippen molar-refractivity contribution < 1.29 is 0 Å². The average Bonchev–Trinajstić information content (AvgIpc) is 4.20. The number of imidazole rings is 2. The van der Waals surface area contributed by atoms with Crippen molar-refractivity contribution in [3.05, 3.63) is 178 Å². The van der Waals surface area contributed by atoms with E-state index in [0.29, 0.717) is 11.6 Å². The highest BCUT2D eigenvalue weighted by atomic mass is 32.2. The fourth-order valence-corrected chi connectivity index (χ4v) is 10.1. The molecule has 0 saturated carbocycles. The molecule has 14 heteroatoms. The Morgan fingerprint density at radius 2 is 0.971 bits per heavy atom. The maximum Gasteiger partial charge on any atom is 0.174 e. The number of hydrogen-bond acceptors (Lipinski definition) is 10. The van der Waals surface area contributed by atoms with Crippen molar-refractivity contribution in [1.82, 2.24) is 48.6 Å². The minimum absolute atomic E-state index is 0.629. The lowest BCUT2D eigenvalue weighted by molar-refractivity contribution is 0.393. The summed E-state index contributed by atoms with van der Waals surface area (Å²) in [5.74, 6) is 2.73. The van der Waals surface area contributed by atoms with Gasteiger partial charge in [-0.2, -0.15) is 20.7 Å². The second kappa shape index (κ2) is 19.5. The summed E-state index contributed by atoms with van der Waals surface area (Å²) in [5.41, 5.74) is 9.11. The topological polar surface area (TPSA) is 145 Å². The van der Waals surface area contributed by atoms with E-state index in [0.717, 1.165) is 107 Å². The van der Waals surface area contributed by atoms with Gasteiger partial charge < -0.3 is 9.13 Å². The number of thioether (sulfide) groups is 2. The summed E-state index contributed by atoms with van der Waals surface area (Å²) < 4.78 is 7.89. The van der Waals surface area contributed by atoms with Crippen molar-refractivity contribution in [2.45, 2.75) is 87.1 Å². The van der Waals surface area contributed by atoms with Crippen LogP contribution in [0.2, 0.25) is 0 Å². The molecular formula is C54H52N12S2. The molecule has 4 aromatic heterocycles. The Balaban J connectivity index is 0.000000170. The number of fused-ring (bicyclic) bond motifs is 2. The highest BCUT2D eigenvalue weighted by molar-refractivity contribution is 7.98. The van der Waals surface area contributed by atoms with Crippen molar-refractivity contribution >= 4 is 47.8 Å². The first-order valence-corrected chi connectivity index (χ1v) is 25.1. The molecule has 12 nitrogen and oxygen atoms in total. The third-order valence-electron chi connectivity index (χ3n) is 12.8. The molecule has 0 amide bonds. The predicted octanol–water partition coefficient (Wildman–Crippen LogP) is 11.2. The van der Waals surface area contributed by atoms with Crippen LogP contribution in [-0.2, 0) is 23.9 Å². The summed E-state index contributed by atoms with van der Waals surface area (Å²) in [6.45, 7) is 9.72. The highest BCUT2D eigenvalue weighted by Gasteiger charge is 2.43. The molecule has 2 aliphatic rings. The van der Waals surface area contributed by atoms with Crippen molar-refractivity contribution in [3.63, 3.8) is 0 Å². The van der Waals surface area contributed by atoms with Gasteiger partial charge in [0.05, 0.1) is 36.2 Å². The third kappa shape index (κ3) is 9.09. The predicted molar refractivity (Wildman–Crippen MR) is 272 cm³/mol. The summed E-state index contributed by atoms with van der Waals surface area (Å²) in [4.78, 5) is 20.7. The van der Waals surface area contributed by atoms with Gasteiger partial charge in [-0.3, -0.25) is 0 Å². The van der Waals surface area contributed by atoms with E-state index in [2.05, 4.69) is 133 Å². The van der Waals surface area contributed by atoms with Gasteiger partial charge in [0, 0.05) is 46.6 Å². The molecule has 10 rings (SSSR count). The monoisotopic (exact) mass is 932 g/mol. The van der Waals surface area contributed by atoms with Crippen LogP contribution in [0.1, 0.15) is 93.7 Å². The molecule has 0 radical (unpaired) electrons. The fraction of sp³-hybridized carbons (Fsp3) is 0.259. The summed E-state index contributed by atoms with van der Waals surface area (Å²) >= 11 is 3.39. The van der Waals surface area contributed by atoms with Gasteiger partial charge in [0.15, 0.2) is 23.3 Å². The van der Waals surface area contributed by atoms with Gasteiger partial charge in [-0.25, -0.2) is 29.3 Å². The molecule has 0 bridgehead atoms. The molecule has 0 saturated heterocycles. The van der Waals surface area contributed by atoms with Crippen LogP contribution in [0.5, 0.6) is 0 Å². The van der Waals surface area contributed by atoms with Crippen LogP contribution < -0.4 is 0 Å². The van der Waals surface area contributed by atoms with E-state index >= 15 is 0 Å². The van der Waals surface area contributed by atoms with Crippen LogP contribution in [0.4, 0.5) is 0 Å². The van der Waals surface area contributed by atoms with E-state index in [-0.39, 0.29) is 0 Å². The van der Waals surface area contributed by atoms with E-state index in [1.165, 1.54) is 9.79 Å². The Kier molecular flexibility index (Phi) is 13.2. The molecule has 8 aromatic rings. The number of aryl methyl sites for hydroxylation is 6. The van der Waals surface area contributed by atoms with Gasteiger partial charge in [0.2, 0.25) is 0 Å². The van der Waals surface area contributed by atoms with E-state index in [4.69, 9.17) is 20.2 Å². The minimum Gasteiger partial charge on any atom is -0.306 e. The van der Waals surface area contributed by atoms with Gasteiger partial charge in [0.1, 0.15) is 10.8 Å². The summed E-state index contributed by atoms with van der Waals surface area (Å²) in [6.07, 6.45) is 23.0. The number of nitrogens with zero attached hydrogens (tertiary/aromatic N) is 12. The Bertz CT molecular complexity index is 3030. The zero-order valence-electron chi connectivity index (χ0n) is 39.1. The quantitative estimate of drug-likeness (QED) is 0.122. The van der Waals surface area contributed by atoms with E-state index in [1.54, 1.807) is 23.5 Å². The molecule has 0 N–H and O–H groups in total. The average molecular weight is 933 g/mol. The first-order chi connectivity index (χ1) is 33.0. The molecule has 6 heterocycles. The van der Waals surface area contributed by atoms with Crippen LogP contribution >= 0.6 is 23.5 Å². The van der Waals surface area contributed by atoms with Gasteiger partial charge in [-0.05, 0) is 160 Å². The molecule has 4 aromatic carbocycles. The van der Waals surface area contributed by atoms with Gasteiger partial charge in [-0.1, -0.05) is 48.6 Å². The SMILES string of the molecule is CSc1ccc([C@@]2(C#N)CCCn3nc(/C=C/c4ccc(-n5cnc(C)c5)c(C)c4)nc32)cc1.CSc1ccc([C@]2(C#N)CCCn3nc(/C=C/c4ccc(-n5cnc(C)c5)c(C)c4)nc32)cc1. The Labute approximate surface area is 406 Å². The molecule has 2 aliphatic heterocycles. The lowest BCUT2D eigenvalue weighted by Gasteiger charge is -2.30. The van der Waals surface area contributed by atoms with E-state index in [1.807, 2.05) is 81.7 Å². The molecule has 2 atom stereocenters. The summed E-state index contributed by atoms with van der Waals surface area (Å²) in [6, 6.07) is 34.3. The Morgan fingerprint density at radius 3 is 1.31 bits per heavy atom. The highest BCUT2D eigenvalue weighted by Crippen LogP contribution is 2.41. The Hall–Kier alpha value is -7.26. The zero-order chi connectivity index (χ0) is 47.4. The van der Waals surface area contributed by atoms with Gasteiger partial charge in [0.25, 0.3) is 0 Å². The largest absolute Gasteiger partial charge is 0.306 e. The number of rotatable bonds is 10. The van der Waals surface area contributed by atoms with Crippen LogP contribution in [0.3, 0.4) is 0 Å². The number of benzene rings is 4. The Morgan fingerprint density at radius 1 is 0.559 bits per heavy atom. The summed E-state index contributed by atoms with van der Waals surface area (Å²) in [5, 5.41) is 30.0. The van der Waals surface area contributed by atoms with Crippen LogP contribution in [0.25, 0.3) is 35.7 Å². The first-order valence-electron chi connectivity index (χ1n) is 22.7. The lowest BCUT2D eigenvalue weighted by Crippen LogP contribution is -2.34. The second-order valence-corrected chi connectivity index (χ2v) is 19.1. The van der Waals surface area contributed by atoms with E-state index < -0.39 is 10.8 Å². The van der Waals surface area contributed by atoms with Crippen molar-refractivity contribution in [2.24, 2.45) is 0 Å². The van der Waals surface area contributed by atoms with Crippen molar-refractivity contribution in [1.29, 1.82) is 10.5 Å². The maximum atomic E-state index is 10.3. The minimum atomic E-state index is -0.768. The standard InChI is InChI=1S/2C27H26N6S/c2*1-19-15-21(5-11-24(19)32-16-20(2)29-18-32)6-12-25-30-26-27(17-28,13-4-14-33(26)31-25)22-7-9-23(34-3)10-8-22/h2*5-12,15-16,18H,4,13-14H2,1-3H3/b2*12-6+/t2*27-/m10/s1. The number of nitriles is 2. The van der Waals surface area contributed by atoms with Crippen molar-refractivity contribution in [3.8, 4) is 23.5 Å².